The van der Waals surface area contributed by atoms with Gasteiger partial charge in [0.25, 0.3) is 0 Å². The fourth-order valence-electron chi connectivity index (χ4n) is 3.07. The third kappa shape index (κ3) is 5.32. The molecule has 0 radical (unpaired) electrons. The summed E-state index contributed by atoms with van der Waals surface area (Å²) in [5.74, 6) is 0. The van der Waals surface area contributed by atoms with Crippen molar-refractivity contribution in [3.8, 4) is 22.3 Å². The summed E-state index contributed by atoms with van der Waals surface area (Å²) in [7, 11) is 0. The summed E-state index contributed by atoms with van der Waals surface area (Å²) in [6, 6.07) is 24.7. The molecule has 30 heavy (non-hydrogen) atoms. The Labute approximate surface area is 176 Å². The SMILES string of the molecule is C(=NCCN=Cc1ccc(-c2ccncc2)cc1)c1ccc(-c2ccncc2)cc1. The van der Waals surface area contributed by atoms with Gasteiger partial charge in [-0.2, -0.15) is 0 Å². The zero-order chi connectivity index (χ0) is 20.4. The standard InChI is InChI=1S/C26H22N4/c1-5-23(25-9-13-27-14-10-25)6-2-21(1)19-29-17-18-30-20-22-3-7-24(8-4-22)26-11-15-28-16-12-26/h1-16,19-20H,17-18H2. The van der Waals surface area contributed by atoms with Gasteiger partial charge in [0.15, 0.2) is 0 Å². The highest BCUT2D eigenvalue weighted by Gasteiger charge is 1.97. The molecule has 0 unspecified atom stereocenters. The Morgan fingerprint density at radius 2 is 0.800 bits per heavy atom. The van der Waals surface area contributed by atoms with Crippen LogP contribution in [0.1, 0.15) is 11.1 Å². The fourth-order valence-corrected chi connectivity index (χ4v) is 3.07. The van der Waals surface area contributed by atoms with E-state index in [2.05, 4.69) is 68.5 Å². The van der Waals surface area contributed by atoms with Gasteiger partial charge in [0.1, 0.15) is 0 Å². The van der Waals surface area contributed by atoms with E-state index < -0.39 is 0 Å². The van der Waals surface area contributed by atoms with Gasteiger partial charge in [-0.05, 0) is 57.6 Å². The van der Waals surface area contributed by atoms with Crippen LogP contribution in [0.15, 0.2) is 108 Å². The molecule has 2 aromatic carbocycles. The molecule has 0 aliphatic carbocycles. The first-order valence-corrected chi connectivity index (χ1v) is 9.89. The van der Waals surface area contributed by atoms with Gasteiger partial charge in [-0.1, -0.05) is 48.5 Å². The number of nitrogens with zero attached hydrogens (tertiary/aromatic N) is 4. The van der Waals surface area contributed by atoms with Gasteiger partial charge in [0.05, 0.1) is 13.1 Å². The highest BCUT2D eigenvalue weighted by molar-refractivity contribution is 5.82. The van der Waals surface area contributed by atoms with Crippen LogP contribution in [0, 0.1) is 0 Å². The number of pyridine rings is 2. The molecule has 0 aliphatic heterocycles. The van der Waals surface area contributed by atoms with Crippen molar-refractivity contribution in [2.75, 3.05) is 13.1 Å². The van der Waals surface area contributed by atoms with Crippen molar-refractivity contribution in [2.24, 2.45) is 9.98 Å². The average molecular weight is 390 g/mol. The number of hydrogen-bond acceptors (Lipinski definition) is 4. The molecular weight excluding hydrogens is 368 g/mol. The highest BCUT2D eigenvalue weighted by Crippen LogP contribution is 2.19. The van der Waals surface area contributed by atoms with Crippen molar-refractivity contribution in [3.63, 3.8) is 0 Å². The molecule has 0 saturated carbocycles. The molecule has 0 saturated heterocycles. The summed E-state index contributed by atoms with van der Waals surface area (Å²) in [5.41, 5.74) is 6.85. The first-order chi connectivity index (χ1) is 14.9. The monoisotopic (exact) mass is 390 g/mol. The van der Waals surface area contributed by atoms with Crippen molar-refractivity contribution in [2.45, 2.75) is 0 Å². The maximum atomic E-state index is 4.47. The molecule has 0 bridgehead atoms. The lowest BCUT2D eigenvalue weighted by Gasteiger charge is -2.01. The quantitative estimate of drug-likeness (QED) is 0.315. The minimum absolute atomic E-state index is 0.664. The van der Waals surface area contributed by atoms with Gasteiger partial charge in [-0.3, -0.25) is 20.0 Å². The van der Waals surface area contributed by atoms with Gasteiger partial charge >= 0.3 is 0 Å². The Hall–Kier alpha value is -3.92. The summed E-state index contributed by atoms with van der Waals surface area (Å²) >= 11 is 0. The summed E-state index contributed by atoms with van der Waals surface area (Å²) < 4.78 is 0. The zero-order valence-electron chi connectivity index (χ0n) is 16.6. The van der Waals surface area contributed by atoms with E-state index >= 15 is 0 Å². The second-order valence-corrected chi connectivity index (χ2v) is 6.79. The van der Waals surface area contributed by atoms with Crippen molar-refractivity contribution < 1.29 is 0 Å². The third-order valence-electron chi connectivity index (χ3n) is 4.69. The molecular formula is C26H22N4. The zero-order valence-corrected chi connectivity index (χ0v) is 16.6. The smallest absolute Gasteiger partial charge is 0.0585 e. The summed E-state index contributed by atoms with van der Waals surface area (Å²) in [6.45, 7) is 1.33. The predicted molar refractivity (Wildman–Crippen MR) is 124 cm³/mol. The summed E-state index contributed by atoms with van der Waals surface area (Å²) in [5, 5.41) is 0. The van der Waals surface area contributed by atoms with Gasteiger partial charge in [0.2, 0.25) is 0 Å². The Kier molecular flexibility index (Phi) is 6.48. The van der Waals surface area contributed by atoms with Crippen LogP contribution in [-0.4, -0.2) is 35.5 Å². The van der Waals surface area contributed by atoms with Gasteiger partial charge in [-0.25, -0.2) is 0 Å². The molecule has 2 heterocycles. The number of aromatic nitrogens is 2. The Balaban J connectivity index is 1.25. The van der Waals surface area contributed by atoms with E-state index in [1.165, 1.54) is 11.1 Å². The van der Waals surface area contributed by atoms with Crippen LogP contribution in [0.3, 0.4) is 0 Å². The molecule has 0 amide bonds. The van der Waals surface area contributed by atoms with Crippen molar-refractivity contribution >= 4 is 12.4 Å². The number of benzene rings is 2. The third-order valence-corrected chi connectivity index (χ3v) is 4.69. The van der Waals surface area contributed by atoms with E-state index in [9.17, 15) is 0 Å². The Morgan fingerprint density at radius 1 is 0.467 bits per heavy atom. The van der Waals surface area contributed by atoms with Gasteiger partial charge in [-0.15, -0.1) is 0 Å². The Morgan fingerprint density at radius 3 is 1.17 bits per heavy atom. The summed E-state index contributed by atoms with van der Waals surface area (Å²) in [6.07, 6.45) is 11.0. The molecule has 4 aromatic rings. The minimum atomic E-state index is 0.664. The van der Waals surface area contributed by atoms with E-state index in [4.69, 9.17) is 0 Å². The van der Waals surface area contributed by atoms with Crippen LogP contribution in [0.5, 0.6) is 0 Å². The van der Waals surface area contributed by atoms with Crippen LogP contribution in [0.25, 0.3) is 22.3 Å². The topological polar surface area (TPSA) is 50.5 Å². The summed E-state index contributed by atoms with van der Waals surface area (Å²) in [4.78, 5) is 17.1. The lowest BCUT2D eigenvalue weighted by atomic mass is 10.1. The van der Waals surface area contributed by atoms with Gasteiger partial charge < -0.3 is 0 Å². The van der Waals surface area contributed by atoms with Crippen LogP contribution in [-0.2, 0) is 0 Å². The largest absolute Gasteiger partial charge is 0.291 e. The second kappa shape index (κ2) is 10.0. The van der Waals surface area contributed by atoms with E-state index in [0.29, 0.717) is 13.1 Å². The van der Waals surface area contributed by atoms with E-state index in [1.807, 2.05) is 36.7 Å². The van der Waals surface area contributed by atoms with Crippen LogP contribution < -0.4 is 0 Å². The first kappa shape index (κ1) is 19.4. The molecule has 4 heteroatoms. The van der Waals surface area contributed by atoms with Crippen LogP contribution >= 0.6 is 0 Å². The lowest BCUT2D eigenvalue weighted by Crippen LogP contribution is -1.91. The molecule has 4 rings (SSSR count). The normalized spacial score (nSPS) is 11.3. The van der Waals surface area contributed by atoms with E-state index in [-0.39, 0.29) is 0 Å². The number of hydrogen-bond donors (Lipinski definition) is 0. The lowest BCUT2D eigenvalue weighted by molar-refractivity contribution is 0.985. The van der Waals surface area contributed by atoms with Crippen LogP contribution in [0.4, 0.5) is 0 Å². The predicted octanol–water partition coefficient (Wildman–Crippen LogP) is 5.35. The molecule has 0 atom stereocenters. The first-order valence-electron chi connectivity index (χ1n) is 9.89. The van der Waals surface area contributed by atoms with Gasteiger partial charge in [0, 0.05) is 37.2 Å². The second-order valence-electron chi connectivity index (χ2n) is 6.79. The highest BCUT2D eigenvalue weighted by atomic mass is 14.8. The molecule has 4 nitrogen and oxygen atoms in total. The van der Waals surface area contributed by atoms with E-state index in [0.717, 1.165) is 22.3 Å². The van der Waals surface area contributed by atoms with Crippen molar-refractivity contribution in [1.29, 1.82) is 0 Å². The van der Waals surface area contributed by atoms with Crippen LogP contribution in [0.2, 0.25) is 0 Å². The molecule has 146 valence electrons. The molecule has 0 N–H and O–H groups in total. The maximum Gasteiger partial charge on any atom is 0.0585 e. The fraction of sp³-hybridized carbons (Fsp3) is 0.0769. The van der Waals surface area contributed by atoms with Crippen molar-refractivity contribution in [1.82, 2.24) is 9.97 Å². The maximum absolute atomic E-state index is 4.47. The minimum Gasteiger partial charge on any atom is -0.291 e. The number of rotatable bonds is 7. The molecule has 0 fully saturated rings. The molecule has 0 spiro atoms. The number of aliphatic imine (C=N–C) groups is 2. The Bertz CT molecular complexity index is 1010. The van der Waals surface area contributed by atoms with Crippen molar-refractivity contribution in [3.05, 3.63) is 109 Å². The average Bonchev–Trinajstić information content (AvgIpc) is 2.83. The molecule has 2 aromatic heterocycles. The molecule has 0 aliphatic rings. The van der Waals surface area contributed by atoms with E-state index in [1.54, 1.807) is 24.8 Å².